The second kappa shape index (κ2) is 6.19. The Morgan fingerprint density at radius 3 is 2.79 bits per heavy atom. The fourth-order valence-corrected chi connectivity index (χ4v) is 1.47. The molecule has 1 aromatic heterocycles. The minimum absolute atomic E-state index is 0.138. The van der Waals surface area contributed by atoms with Gasteiger partial charge in [0.2, 0.25) is 0 Å². The molecule has 1 atom stereocenters. The molecular weight excluding hydrogens is 252 g/mol. The lowest BCUT2D eigenvalue weighted by molar-refractivity contribution is -0.141. The van der Waals surface area contributed by atoms with Gasteiger partial charge < -0.3 is 25.4 Å². The van der Waals surface area contributed by atoms with Gasteiger partial charge in [-0.2, -0.15) is 0 Å². The molecular formula is C11H18N4O4. The van der Waals surface area contributed by atoms with E-state index in [-0.39, 0.29) is 6.54 Å². The van der Waals surface area contributed by atoms with Gasteiger partial charge in [-0.05, 0) is 6.92 Å². The lowest BCUT2D eigenvalue weighted by Gasteiger charge is -2.24. The molecule has 0 aliphatic carbocycles. The quantitative estimate of drug-likeness (QED) is 0.569. The van der Waals surface area contributed by atoms with Crippen LogP contribution in [-0.2, 0) is 11.3 Å². The van der Waals surface area contributed by atoms with Crippen LogP contribution in [0.15, 0.2) is 12.4 Å². The largest absolute Gasteiger partial charge is 0.481 e. The molecule has 0 radical (unpaired) electrons. The normalized spacial score (nSPS) is 13.6. The summed E-state index contributed by atoms with van der Waals surface area (Å²) in [4.78, 5) is 30.4. The van der Waals surface area contributed by atoms with Crippen molar-refractivity contribution in [1.82, 2.24) is 20.2 Å². The van der Waals surface area contributed by atoms with Crippen LogP contribution in [-0.4, -0.2) is 56.3 Å². The van der Waals surface area contributed by atoms with Crippen LogP contribution in [0, 0.1) is 0 Å². The molecule has 2 amide bonds. The summed E-state index contributed by atoms with van der Waals surface area (Å²) in [5, 5.41) is 20.8. The van der Waals surface area contributed by atoms with Gasteiger partial charge in [-0.15, -0.1) is 0 Å². The van der Waals surface area contributed by atoms with E-state index < -0.39 is 24.0 Å². The van der Waals surface area contributed by atoms with Crippen molar-refractivity contribution in [1.29, 1.82) is 0 Å². The van der Waals surface area contributed by atoms with E-state index in [9.17, 15) is 14.7 Å². The highest BCUT2D eigenvalue weighted by molar-refractivity contribution is 5.74. The van der Waals surface area contributed by atoms with Crippen LogP contribution in [0.3, 0.4) is 0 Å². The number of rotatable bonds is 6. The number of carboxylic acids is 1. The number of H-pyrrole nitrogens is 1. The van der Waals surface area contributed by atoms with Crippen LogP contribution >= 0.6 is 0 Å². The summed E-state index contributed by atoms with van der Waals surface area (Å²) in [6.45, 7) is 1.51. The summed E-state index contributed by atoms with van der Waals surface area (Å²) in [6, 6.07) is -0.415. The Kier molecular flexibility index (Phi) is 4.87. The number of aliphatic hydroxyl groups is 1. The summed E-state index contributed by atoms with van der Waals surface area (Å²) in [5.74, 6) is -0.488. The minimum atomic E-state index is -1.48. The van der Waals surface area contributed by atoms with Gasteiger partial charge in [0.15, 0.2) is 0 Å². The van der Waals surface area contributed by atoms with Crippen molar-refractivity contribution in [3.8, 4) is 0 Å². The Balaban J connectivity index is 2.40. The van der Waals surface area contributed by atoms with Crippen LogP contribution in [0.5, 0.6) is 0 Å². The molecule has 106 valence electrons. The molecule has 8 nitrogen and oxygen atoms in total. The van der Waals surface area contributed by atoms with Gasteiger partial charge in [0.25, 0.3) is 0 Å². The molecule has 0 aliphatic rings. The predicted molar refractivity (Wildman–Crippen MR) is 66.3 cm³/mol. The lowest BCUT2D eigenvalue weighted by Crippen LogP contribution is -2.46. The third-order valence-corrected chi connectivity index (χ3v) is 2.44. The van der Waals surface area contributed by atoms with Crippen molar-refractivity contribution in [2.45, 2.75) is 25.5 Å². The summed E-state index contributed by atoms with van der Waals surface area (Å²) in [5.41, 5.74) is -1.48. The number of nitrogens with one attached hydrogen (secondary N) is 2. The van der Waals surface area contributed by atoms with Gasteiger partial charge in [-0.1, -0.05) is 0 Å². The highest BCUT2D eigenvalue weighted by Gasteiger charge is 2.25. The van der Waals surface area contributed by atoms with E-state index in [1.54, 1.807) is 19.4 Å². The van der Waals surface area contributed by atoms with E-state index in [0.717, 1.165) is 0 Å². The molecule has 0 fully saturated rings. The molecule has 4 N–H and O–H groups in total. The second-order valence-corrected chi connectivity index (χ2v) is 4.62. The molecule has 0 saturated carbocycles. The topological polar surface area (TPSA) is 119 Å². The number of hydrogen-bond donors (Lipinski definition) is 4. The summed E-state index contributed by atoms with van der Waals surface area (Å²) < 4.78 is 0. The number of aliphatic carboxylic acids is 1. The molecule has 1 unspecified atom stereocenters. The van der Waals surface area contributed by atoms with Crippen molar-refractivity contribution in [2.24, 2.45) is 0 Å². The molecule has 0 aliphatic heterocycles. The van der Waals surface area contributed by atoms with Crippen molar-refractivity contribution >= 4 is 12.0 Å². The van der Waals surface area contributed by atoms with E-state index in [0.29, 0.717) is 12.4 Å². The number of aromatic nitrogens is 2. The van der Waals surface area contributed by atoms with Crippen LogP contribution in [0.25, 0.3) is 0 Å². The van der Waals surface area contributed by atoms with Crippen molar-refractivity contribution in [3.05, 3.63) is 18.2 Å². The molecule has 0 spiro atoms. The molecule has 0 saturated heterocycles. The van der Waals surface area contributed by atoms with Crippen molar-refractivity contribution in [3.63, 3.8) is 0 Å². The Labute approximate surface area is 110 Å². The summed E-state index contributed by atoms with van der Waals surface area (Å²) >= 11 is 0. The fourth-order valence-electron chi connectivity index (χ4n) is 1.47. The highest BCUT2D eigenvalue weighted by Crippen LogP contribution is 2.07. The fraction of sp³-hybridized carbons (Fsp3) is 0.545. The second-order valence-electron chi connectivity index (χ2n) is 4.62. The van der Waals surface area contributed by atoms with Crippen LogP contribution in [0.2, 0.25) is 0 Å². The van der Waals surface area contributed by atoms with Gasteiger partial charge in [-0.25, -0.2) is 9.78 Å². The maximum Gasteiger partial charge on any atom is 0.317 e. The lowest BCUT2D eigenvalue weighted by atomic mass is 10.0. The van der Waals surface area contributed by atoms with Gasteiger partial charge in [0.05, 0.1) is 18.6 Å². The first-order chi connectivity index (χ1) is 8.80. The van der Waals surface area contributed by atoms with Crippen LogP contribution in [0.4, 0.5) is 4.79 Å². The highest BCUT2D eigenvalue weighted by atomic mass is 16.4. The molecule has 1 aromatic rings. The summed E-state index contributed by atoms with van der Waals surface area (Å²) in [6.07, 6.45) is 2.80. The molecule has 19 heavy (non-hydrogen) atoms. The SMILES string of the molecule is CN(Cc1ncc[nH]1)C(=O)NCC(C)(O)CC(=O)O. The molecule has 0 aromatic carbocycles. The monoisotopic (exact) mass is 270 g/mol. The van der Waals surface area contributed by atoms with E-state index >= 15 is 0 Å². The van der Waals surface area contributed by atoms with Gasteiger partial charge >= 0.3 is 12.0 Å². The first kappa shape index (κ1) is 15.0. The zero-order chi connectivity index (χ0) is 14.5. The Hall–Kier alpha value is -2.09. The van der Waals surface area contributed by atoms with Gasteiger partial charge in [0.1, 0.15) is 5.82 Å². The minimum Gasteiger partial charge on any atom is -0.481 e. The number of nitrogens with zero attached hydrogens (tertiary/aromatic N) is 2. The smallest absolute Gasteiger partial charge is 0.317 e. The summed E-state index contributed by atoms with van der Waals surface area (Å²) in [7, 11) is 1.57. The molecule has 1 rings (SSSR count). The Bertz CT molecular complexity index is 430. The third kappa shape index (κ3) is 5.38. The number of urea groups is 1. The van der Waals surface area contributed by atoms with E-state index in [4.69, 9.17) is 5.11 Å². The molecule has 1 heterocycles. The number of carboxylic acid groups (broad SMARTS) is 1. The van der Waals surface area contributed by atoms with Gasteiger partial charge in [-0.3, -0.25) is 4.79 Å². The zero-order valence-electron chi connectivity index (χ0n) is 10.9. The standard InChI is InChI=1S/C11H18N4O4/c1-11(19,5-9(16)17)7-14-10(18)15(2)6-8-12-3-4-13-8/h3-4,19H,5-7H2,1-2H3,(H,12,13)(H,14,18)(H,16,17). The van der Waals surface area contributed by atoms with Crippen LogP contribution in [0.1, 0.15) is 19.2 Å². The van der Waals surface area contributed by atoms with Crippen molar-refractivity contribution < 1.29 is 19.8 Å². The van der Waals surface area contributed by atoms with E-state index in [1.165, 1.54) is 11.8 Å². The van der Waals surface area contributed by atoms with Crippen molar-refractivity contribution in [2.75, 3.05) is 13.6 Å². The third-order valence-electron chi connectivity index (χ3n) is 2.44. The number of imidazole rings is 1. The molecule has 8 heteroatoms. The Morgan fingerprint density at radius 2 is 2.26 bits per heavy atom. The number of carbonyl (C=O) groups excluding carboxylic acids is 1. The predicted octanol–water partition coefficient (Wildman–Crippen LogP) is -0.223. The molecule has 0 bridgehead atoms. The number of amides is 2. The average Bonchev–Trinajstić information content (AvgIpc) is 2.76. The van der Waals surface area contributed by atoms with E-state index in [1.807, 2.05) is 0 Å². The zero-order valence-corrected chi connectivity index (χ0v) is 10.9. The van der Waals surface area contributed by atoms with Crippen LogP contribution < -0.4 is 5.32 Å². The average molecular weight is 270 g/mol. The Morgan fingerprint density at radius 1 is 1.58 bits per heavy atom. The van der Waals surface area contributed by atoms with E-state index in [2.05, 4.69) is 15.3 Å². The maximum atomic E-state index is 11.7. The number of carbonyl (C=O) groups is 2. The first-order valence-corrected chi connectivity index (χ1v) is 5.71. The van der Waals surface area contributed by atoms with Gasteiger partial charge in [0, 0.05) is 26.0 Å². The number of aromatic amines is 1. The number of hydrogen-bond acceptors (Lipinski definition) is 4. The maximum absolute atomic E-state index is 11.7. The first-order valence-electron chi connectivity index (χ1n) is 5.71.